The largest absolute Gasteiger partial charge is 0.491 e. The molecule has 0 bridgehead atoms. The minimum absolute atomic E-state index is 0.0259. The second-order valence-corrected chi connectivity index (χ2v) is 4.42. The highest BCUT2D eigenvalue weighted by Crippen LogP contribution is 2.21. The predicted octanol–water partition coefficient (Wildman–Crippen LogP) is 1.23. The van der Waals surface area contributed by atoms with Crippen molar-refractivity contribution in [2.24, 2.45) is 0 Å². The van der Waals surface area contributed by atoms with Crippen LogP contribution in [0.4, 0.5) is 0 Å². The summed E-state index contributed by atoms with van der Waals surface area (Å²) in [5.74, 6) is 0.829. The van der Waals surface area contributed by atoms with Crippen molar-refractivity contribution >= 4 is 5.91 Å². The third-order valence-electron chi connectivity index (χ3n) is 2.60. The smallest absolute Gasteiger partial charge is 0.241 e. The van der Waals surface area contributed by atoms with Crippen LogP contribution in [0.1, 0.15) is 25.5 Å². The predicted molar refractivity (Wildman–Crippen MR) is 66.0 cm³/mol. The molecular formula is C13H18N2O2. The zero-order chi connectivity index (χ0) is 12.3. The molecule has 0 spiro atoms. The van der Waals surface area contributed by atoms with E-state index >= 15 is 0 Å². The van der Waals surface area contributed by atoms with Gasteiger partial charge in [-0.3, -0.25) is 4.79 Å². The van der Waals surface area contributed by atoms with Crippen LogP contribution in [-0.2, 0) is 4.79 Å². The molecule has 1 aliphatic rings. The first-order chi connectivity index (χ1) is 8.16. The normalized spacial score (nSPS) is 20.2. The third-order valence-corrected chi connectivity index (χ3v) is 2.60. The van der Waals surface area contributed by atoms with Crippen LogP contribution in [-0.4, -0.2) is 25.1 Å². The lowest BCUT2D eigenvalue weighted by atomic mass is 10.0. The van der Waals surface area contributed by atoms with Gasteiger partial charge in [0.2, 0.25) is 5.91 Å². The van der Waals surface area contributed by atoms with Crippen molar-refractivity contribution in [1.82, 2.24) is 10.6 Å². The van der Waals surface area contributed by atoms with Crippen molar-refractivity contribution < 1.29 is 9.53 Å². The van der Waals surface area contributed by atoms with Crippen molar-refractivity contribution in [3.8, 4) is 5.75 Å². The van der Waals surface area contributed by atoms with Crippen molar-refractivity contribution in [3.05, 3.63) is 29.8 Å². The maximum atomic E-state index is 11.7. The molecule has 0 aliphatic carbocycles. The third kappa shape index (κ3) is 2.97. The summed E-state index contributed by atoms with van der Waals surface area (Å²) in [5, 5.41) is 6.05. The summed E-state index contributed by atoms with van der Waals surface area (Å²) < 4.78 is 5.62. The van der Waals surface area contributed by atoms with Gasteiger partial charge in [-0.05, 0) is 31.5 Å². The summed E-state index contributed by atoms with van der Waals surface area (Å²) in [6.07, 6.45) is 0.137. The monoisotopic (exact) mass is 234 g/mol. The number of ether oxygens (including phenoxy) is 1. The molecule has 1 aliphatic heterocycles. The second-order valence-electron chi connectivity index (χ2n) is 4.42. The highest BCUT2D eigenvalue weighted by atomic mass is 16.5. The molecule has 92 valence electrons. The Kier molecular flexibility index (Phi) is 3.64. The van der Waals surface area contributed by atoms with Crippen LogP contribution in [0, 0.1) is 0 Å². The van der Waals surface area contributed by atoms with E-state index in [-0.39, 0.29) is 18.1 Å². The van der Waals surface area contributed by atoms with E-state index in [4.69, 9.17) is 4.74 Å². The van der Waals surface area contributed by atoms with Gasteiger partial charge in [0.15, 0.2) is 0 Å². The highest BCUT2D eigenvalue weighted by molar-refractivity contribution is 5.84. The second kappa shape index (κ2) is 5.19. The summed E-state index contributed by atoms with van der Waals surface area (Å²) in [6.45, 7) is 5.46. The molecule has 1 atom stereocenters. The number of carbonyl (C=O) groups excluding carboxylic acids is 1. The summed E-state index contributed by atoms with van der Waals surface area (Å²) in [7, 11) is 0. The van der Waals surface area contributed by atoms with Gasteiger partial charge in [0.05, 0.1) is 6.10 Å². The van der Waals surface area contributed by atoms with Crippen molar-refractivity contribution in [1.29, 1.82) is 0 Å². The van der Waals surface area contributed by atoms with Gasteiger partial charge in [-0.25, -0.2) is 0 Å². The molecular weight excluding hydrogens is 216 g/mol. The molecule has 1 aromatic rings. The fourth-order valence-corrected chi connectivity index (χ4v) is 1.91. The fraction of sp³-hybridized carbons (Fsp3) is 0.462. The summed E-state index contributed by atoms with van der Waals surface area (Å²) in [5.41, 5.74) is 0.945. The van der Waals surface area contributed by atoms with Gasteiger partial charge in [-0.15, -0.1) is 0 Å². The number of rotatable bonds is 3. The maximum absolute atomic E-state index is 11.7. The van der Waals surface area contributed by atoms with Gasteiger partial charge >= 0.3 is 0 Å². The van der Waals surface area contributed by atoms with Gasteiger partial charge in [0.25, 0.3) is 0 Å². The number of hydrogen-bond donors (Lipinski definition) is 2. The van der Waals surface area contributed by atoms with Crippen molar-refractivity contribution in [3.63, 3.8) is 0 Å². The van der Waals surface area contributed by atoms with Crippen molar-refractivity contribution in [2.75, 3.05) is 13.1 Å². The highest BCUT2D eigenvalue weighted by Gasteiger charge is 2.23. The lowest BCUT2D eigenvalue weighted by molar-refractivity contribution is -0.124. The zero-order valence-electron chi connectivity index (χ0n) is 10.2. The van der Waals surface area contributed by atoms with Crippen LogP contribution in [0.15, 0.2) is 24.3 Å². The molecule has 2 rings (SSSR count). The Hall–Kier alpha value is -1.55. The van der Waals surface area contributed by atoms with E-state index in [1.165, 1.54) is 0 Å². The molecule has 1 heterocycles. The lowest BCUT2D eigenvalue weighted by Crippen LogP contribution is -2.47. The lowest BCUT2D eigenvalue weighted by Gasteiger charge is -2.24. The van der Waals surface area contributed by atoms with E-state index in [1.54, 1.807) is 0 Å². The van der Waals surface area contributed by atoms with Crippen LogP contribution >= 0.6 is 0 Å². The Morgan fingerprint density at radius 3 is 2.88 bits per heavy atom. The number of nitrogens with one attached hydrogen (secondary N) is 2. The number of amides is 1. The Balaban J connectivity index is 2.17. The summed E-state index contributed by atoms with van der Waals surface area (Å²) >= 11 is 0. The molecule has 1 amide bonds. The van der Waals surface area contributed by atoms with Crippen LogP contribution in [0.2, 0.25) is 0 Å². The van der Waals surface area contributed by atoms with Gasteiger partial charge in [-0.1, -0.05) is 12.1 Å². The molecule has 1 fully saturated rings. The molecule has 4 heteroatoms. The molecule has 1 saturated heterocycles. The van der Waals surface area contributed by atoms with Crippen LogP contribution in [0.5, 0.6) is 5.75 Å². The first-order valence-corrected chi connectivity index (χ1v) is 5.94. The average Bonchev–Trinajstić information content (AvgIpc) is 2.29. The SMILES string of the molecule is CC(C)Oc1cccc(C2NCCNC2=O)c1. The summed E-state index contributed by atoms with van der Waals surface area (Å²) in [4.78, 5) is 11.7. The van der Waals surface area contributed by atoms with Crippen LogP contribution < -0.4 is 15.4 Å². The molecule has 17 heavy (non-hydrogen) atoms. The topological polar surface area (TPSA) is 50.4 Å². The average molecular weight is 234 g/mol. The van der Waals surface area contributed by atoms with Crippen LogP contribution in [0.3, 0.4) is 0 Å². The molecule has 0 radical (unpaired) electrons. The molecule has 1 aromatic carbocycles. The van der Waals surface area contributed by atoms with Crippen molar-refractivity contribution in [2.45, 2.75) is 26.0 Å². The molecule has 2 N–H and O–H groups in total. The van der Waals surface area contributed by atoms with Gasteiger partial charge in [-0.2, -0.15) is 0 Å². The number of benzene rings is 1. The molecule has 0 aromatic heterocycles. The molecule has 4 nitrogen and oxygen atoms in total. The van der Waals surface area contributed by atoms with E-state index in [9.17, 15) is 4.79 Å². The Morgan fingerprint density at radius 1 is 1.35 bits per heavy atom. The zero-order valence-corrected chi connectivity index (χ0v) is 10.2. The standard InChI is InChI=1S/C13H18N2O2/c1-9(2)17-11-5-3-4-10(8-11)12-13(16)15-7-6-14-12/h3-5,8-9,12,14H,6-7H2,1-2H3,(H,15,16). The van der Waals surface area contributed by atoms with E-state index in [0.29, 0.717) is 6.54 Å². The minimum Gasteiger partial charge on any atom is -0.491 e. The first-order valence-electron chi connectivity index (χ1n) is 5.94. The van der Waals surface area contributed by atoms with Gasteiger partial charge < -0.3 is 15.4 Å². The van der Waals surface area contributed by atoms with E-state index in [2.05, 4.69) is 10.6 Å². The quantitative estimate of drug-likeness (QED) is 0.827. The fourth-order valence-electron chi connectivity index (χ4n) is 1.91. The van der Waals surface area contributed by atoms with E-state index in [1.807, 2.05) is 38.1 Å². The molecule has 0 saturated carbocycles. The number of piperazine rings is 1. The number of carbonyl (C=O) groups is 1. The summed E-state index contributed by atoms with van der Waals surface area (Å²) in [6, 6.07) is 7.42. The Bertz CT molecular complexity index is 404. The minimum atomic E-state index is -0.264. The van der Waals surface area contributed by atoms with E-state index in [0.717, 1.165) is 17.9 Å². The first kappa shape index (κ1) is 11.9. The number of hydrogen-bond acceptors (Lipinski definition) is 3. The maximum Gasteiger partial charge on any atom is 0.241 e. The Morgan fingerprint density at radius 2 is 2.18 bits per heavy atom. The van der Waals surface area contributed by atoms with E-state index < -0.39 is 0 Å². The van der Waals surface area contributed by atoms with Gasteiger partial charge in [0.1, 0.15) is 11.8 Å². The Labute approximate surface area is 101 Å². The van der Waals surface area contributed by atoms with Gasteiger partial charge in [0, 0.05) is 13.1 Å². The van der Waals surface area contributed by atoms with Crippen LogP contribution in [0.25, 0.3) is 0 Å². The molecule has 1 unspecified atom stereocenters.